The van der Waals surface area contributed by atoms with Crippen LogP contribution in [0.3, 0.4) is 0 Å². The Bertz CT molecular complexity index is 1270. The monoisotopic (exact) mass is 492 g/mol. The van der Waals surface area contributed by atoms with E-state index in [4.69, 9.17) is 4.99 Å². The van der Waals surface area contributed by atoms with Gasteiger partial charge >= 0.3 is 0 Å². The molecule has 8 nitrogen and oxygen atoms in total. The topological polar surface area (TPSA) is 104 Å². The van der Waals surface area contributed by atoms with E-state index < -0.39 is 17.0 Å². The number of aromatic nitrogens is 3. The summed E-state index contributed by atoms with van der Waals surface area (Å²) >= 11 is 1.49. The van der Waals surface area contributed by atoms with Crippen LogP contribution in [0.2, 0.25) is 0 Å². The number of nitrogens with one attached hydrogen (secondary N) is 1. The fourth-order valence-corrected chi connectivity index (χ4v) is 5.67. The van der Waals surface area contributed by atoms with Gasteiger partial charge in [0.05, 0.1) is 12.7 Å². The van der Waals surface area contributed by atoms with Crippen LogP contribution in [0.4, 0.5) is 10.3 Å². The van der Waals surface area contributed by atoms with Gasteiger partial charge in [-0.05, 0) is 32.0 Å². The molecular weight excluding hydrogens is 467 g/mol. The number of thioether (sulfide) groups is 1. The second kappa shape index (κ2) is 9.01. The summed E-state index contributed by atoms with van der Waals surface area (Å²) in [5.74, 6) is 0.242. The normalized spacial score (nSPS) is 21.9. The minimum atomic E-state index is -1.45. The fourth-order valence-electron chi connectivity index (χ4n) is 4.54. The molecule has 35 heavy (non-hydrogen) atoms. The van der Waals surface area contributed by atoms with Crippen LogP contribution < -0.4 is 10.2 Å². The van der Waals surface area contributed by atoms with Crippen molar-refractivity contribution in [2.24, 2.45) is 10.9 Å². The highest BCUT2D eigenvalue weighted by Gasteiger charge is 2.51. The van der Waals surface area contributed by atoms with Crippen molar-refractivity contribution in [2.75, 3.05) is 23.7 Å². The average Bonchev–Trinajstić information content (AvgIpc) is 3.25. The molecule has 0 saturated carbocycles. The molecule has 0 radical (unpaired) electrons. The van der Waals surface area contributed by atoms with Crippen molar-refractivity contribution >= 4 is 28.8 Å². The van der Waals surface area contributed by atoms with Crippen LogP contribution in [0, 0.1) is 11.7 Å². The lowest BCUT2D eigenvalue weighted by molar-refractivity contribution is 0.0693. The molecule has 1 fully saturated rings. The minimum absolute atomic E-state index is 0.0542. The van der Waals surface area contributed by atoms with Crippen molar-refractivity contribution in [3.63, 3.8) is 0 Å². The first-order chi connectivity index (χ1) is 16.8. The van der Waals surface area contributed by atoms with Crippen molar-refractivity contribution in [3.8, 4) is 0 Å². The van der Waals surface area contributed by atoms with Gasteiger partial charge in [-0.3, -0.25) is 9.78 Å². The Balaban J connectivity index is 1.50. The van der Waals surface area contributed by atoms with Gasteiger partial charge in [0.15, 0.2) is 11.0 Å². The number of aliphatic hydroxyl groups is 1. The third kappa shape index (κ3) is 4.51. The number of hydrogen-bond donors (Lipinski definition) is 2. The number of carbonyl (C=O) groups is 1. The first-order valence-electron chi connectivity index (χ1n) is 11.3. The van der Waals surface area contributed by atoms with E-state index in [9.17, 15) is 14.3 Å². The second-order valence-electron chi connectivity index (χ2n) is 9.22. The number of halogens is 1. The summed E-state index contributed by atoms with van der Waals surface area (Å²) in [6, 6.07) is 12.9. The van der Waals surface area contributed by atoms with Gasteiger partial charge in [0.1, 0.15) is 16.8 Å². The Morgan fingerprint density at radius 3 is 2.74 bits per heavy atom. The summed E-state index contributed by atoms with van der Waals surface area (Å²) in [4.78, 5) is 32.7. The Hall–Kier alpha value is -3.37. The molecular formula is C25H25FN6O2S. The zero-order chi connectivity index (χ0) is 24.6. The molecule has 2 aliphatic rings. The molecule has 5 rings (SSSR count). The van der Waals surface area contributed by atoms with Crippen LogP contribution in [0.5, 0.6) is 0 Å². The van der Waals surface area contributed by atoms with Crippen molar-refractivity contribution in [1.82, 2.24) is 20.3 Å². The molecule has 1 saturated heterocycles. The molecule has 3 aromatic rings. The molecule has 1 aromatic carbocycles. The molecule has 2 aliphatic heterocycles. The van der Waals surface area contributed by atoms with Gasteiger partial charge in [-0.1, -0.05) is 36.0 Å². The summed E-state index contributed by atoms with van der Waals surface area (Å²) in [7, 11) is 0. The number of benzene rings is 1. The highest BCUT2D eigenvalue weighted by atomic mass is 32.2. The predicted octanol–water partition coefficient (Wildman–Crippen LogP) is 3.10. The Morgan fingerprint density at radius 1 is 1.23 bits per heavy atom. The number of aliphatic imine (C=N–C) groups is 1. The van der Waals surface area contributed by atoms with E-state index in [2.05, 4.69) is 20.3 Å². The van der Waals surface area contributed by atoms with Gasteiger partial charge in [-0.2, -0.15) is 0 Å². The van der Waals surface area contributed by atoms with E-state index in [-0.39, 0.29) is 17.5 Å². The Labute approximate surface area is 206 Å². The lowest BCUT2D eigenvalue weighted by atomic mass is 9.83. The molecule has 0 aliphatic carbocycles. The summed E-state index contributed by atoms with van der Waals surface area (Å²) in [5, 5.41) is 13.9. The van der Waals surface area contributed by atoms with Crippen LogP contribution in [-0.2, 0) is 11.1 Å². The Kier molecular flexibility index (Phi) is 6.02. The van der Waals surface area contributed by atoms with E-state index in [0.717, 1.165) is 11.8 Å². The first-order valence-corrected chi connectivity index (χ1v) is 12.2. The van der Waals surface area contributed by atoms with Crippen LogP contribution in [0.25, 0.3) is 0 Å². The van der Waals surface area contributed by atoms with Gasteiger partial charge in [-0.25, -0.2) is 19.4 Å². The molecule has 4 heterocycles. The standard InChI is InChI=1S/C25H25FN6O2S/c1-24(2,34)20-19(26)12-28-22(29-20)32-13-18-14-35-23(30-21(33)16-7-4-3-5-8-16)31-25(18,15-32)17-9-6-10-27-11-17/h3-12,18,34H,13-15H2,1-2H3,(H,30,31,33)/t18-,25+/m0/s1. The number of nitrogens with zero attached hydrogens (tertiary/aromatic N) is 5. The number of pyridine rings is 1. The molecule has 0 unspecified atom stereocenters. The molecule has 2 aromatic heterocycles. The summed E-state index contributed by atoms with van der Waals surface area (Å²) in [5.41, 5.74) is -0.713. The van der Waals surface area contributed by atoms with E-state index in [1.807, 2.05) is 35.2 Å². The van der Waals surface area contributed by atoms with Gasteiger partial charge in [0.2, 0.25) is 5.95 Å². The highest BCUT2D eigenvalue weighted by molar-refractivity contribution is 8.13. The van der Waals surface area contributed by atoms with Gasteiger partial charge in [0, 0.05) is 41.7 Å². The number of rotatable bonds is 4. The lowest BCUT2D eigenvalue weighted by Crippen LogP contribution is -2.42. The molecule has 10 heteroatoms. The smallest absolute Gasteiger partial charge is 0.257 e. The third-order valence-corrected chi connectivity index (χ3v) is 7.32. The van der Waals surface area contributed by atoms with Crippen LogP contribution in [0.15, 0.2) is 66.0 Å². The third-order valence-electron chi connectivity index (χ3n) is 6.28. The number of amides is 1. The van der Waals surface area contributed by atoms with Crippen molar-refractivity contribution in [3.05, 3.63) is 83.7 Å². The second-order valence-corrected chi connectivity index (χ2v) is 10.2. The van der Waals surface area contributed by atoms with Crippen molar-refractivity contribution < 1.29 is 14.3 Å². The molecule has 2 N–H and O–H groups in total. The quantitative estimate of drug-likeness (QED) is 0.577. The number of carbonyl (C=O) groups excluding carboxylic acids is 1. The Morgan fingerprint density at radius 2 is 2.03 bits per heavy atom. The zero-order valence-electron chi connectivity index (χ0n) is 19.3. The van der Waals surface area contributed by atoms with E-state index in [1.54, 1.807) is 24.5 Å². The molecule has 0 spiro atoms. The fraction of sp³-hybridized carbons (Fsp3) is 0.320. The number of amidine groups is 1. The van der Waals surface area contributed by atoms with Gasteiger partial charge < -0.3 is 15.3 Å². The van der Waals surface area contributed by atoms with Crippen LogP contribution >= 0.6 is 11.8 Å². The number of hydrogen-bond acceptors (Lipinski definition) is 8. The van der Waals surface area contributed by atoms with E-state index in [1.165, 1.54) is 25.6 Å². The lowest BCUT2D eigenvalue weighted by Gasteiger charge is -2.35. The SMILES string of the molecule is CC(C)(O)c1nc(N2C[C@H]3CSC(NC(=O)c4ccccc4)=N[C@@]3(c3cccnc3)C2)ncc1F. The largest absolute Gasteiger partial charge is 0.384 e. The molecule has 1 amide bonds. The minimum Gasteiger partial charge on any atom is -0.384 e. The number of anilines is 1. The van der Waals surface area contributed by atoms with Crippen LogP contribution in [-0.4, -0.2) is 50.0 Å². The number of fused-ring (bicyclic) bond motifs is 1. The maximum Gasteiger partial charge on any atom is 0.257 e. The van der Waals surface area contributed by atoms with Crippen molar-refractivity contribution in [1.29, 1.82) is 0 Å². The maximum atomic E-state index is 14.3. The van der Waals surface area contributed by atoms with E-state index >= 15 is 0 Å². The predicted molar refractivity (Wildman–Crippen MR) is 133 cm³/mol. The summed E-state index contributed by atoms with van der Waals surface area (Å²) < 4.78 is 14.3. The zero-order valence-corrected chi connectivity index (χ0v) is 20.2. The van der Waals surface area contributed by atoms with Gasteiger partial charge in [0.25, 0.3) is 5.91 Å². The summed E-state index contributed by atoms with van der Waals surface area (Å²) in [6.07, 6.45) is 4.60. The van der Waals surface area contributed by atoms with Crippen molar-refractivity contribution in [2.45, 2.75) is 25.0 Å². The maximum absolute atomic E-state index is 14.3. The average molecular weight is 493 g/mol. The molecule has 2 atom stereocenters. The molecule has 180 valence electrons. The van der Waals surface area contributed by atoms with Crippen LogP contribution in [0.1, 0.15) is 35.5 Å². The van der Waals surface area contributed by atoms with E-state index in [0.29, 0.717) is 35.5 Å². The highest BCUT2D eigenvalue weighted by Crippen LogP contribution is 2.46. The van der Waals surface area contributed by atoms with Gasteiger partial charge in [-0.15, -0.1) is 0 Å². The first kappa shape index (κ1) is 23.4. The summed E-state index contributed by atoms with van der Waals surface area (Å²) in [6.45, 7) is 3.99. The molecule has 0 bridgehead atoms.